The van der Waals surface area contributed by atoms with E-state index < -0.39 is 10.0 Å². The van der Waals surface area contributed by atoms with Crippen molar-refractivity contribution in [1.29, 1.82) is 0 Å². The number of carbonyl (C=O) groups is 1. The fourth-order valence-corrected chi connectivity index (χ4v) is 2.36. The van der Waals surface area contributed by atoms with Crippen LogP contribution in [0.4, 0.5) is 0 Å². The second-order valence-corrected chi connectivity index (χ2v) is 6.31. The van der Waals surface area contributed by atoms with Crippen molar-refractivity contribution in [2.45, 2.75) is 32.5 Å². The lowest BCUT2D eigenvalue weighted by Crippen LogP contribution is -2.48. The Balaban J connectivity index is 2.37. The molecule has 1 heterocycles. The van der Waals surface area contributed by atoms with Gasteiger partial charge >= 0.3 is 0 Å². The summed E-state index contributed by atoms with van der Waals surface area (Å²) in [5.41, 5.74) is 0. The SMILES string of the molecule is C[C@H]1CN(C(=O)CCNS(C)(=O)=O)C[C@H](C)O1. The average Bonchev–Trinajstić information content (AvgIpc) is 2.13. The van der Waals surface area contributed by atoms with Gasteiger partial charge in [0, 0.05) is 26.1 Å². The smallest absolute Gasteiger partial charge is 0.224 e. The van der Waals surface area contributed by atoms with Crippen LogP contribution < -0.4 is 4.72 Å². The number of amides is 1. The molecule has 0 spiro atoms. The number of rotatable bonds is 4. The fraction of sp³-hybridized carbons (Fsp3) is 0.900. The zero-order valence-corrected chi connectivity index (χ0v) is 11.3. The van der Waals surface area contributed by atoms with Gasteiger partial charge < -0.3 is 9.64 Å². The summed E-state index contributed by atoms with van der Waals surface area (Å²) in [6.07, 6.45) is 1.33. The van der Waals surface area contributed by atoms with E-state index >= 15 is 0 Å². The maximum atomic E-state index is 11.8. The summed E-state index contributed by atoms with van der Waals surface area (Å²) in [6.45, 7) is 5.14. The molecule has 0 aromatic rings. The largest absolute Gasteiger partial charge is 0.372 e. The fourth-order valence-electron chi connectivity index (χ4n) is 1.88. The minimum Gasteiger partial charge on any atom is -0.372 e. The molecule has 1 saturated heterocycles. The number of morpholine rings is 1. The van der Waals surface area contributed by atoms with Crippen LogP contribution in [0.1, 0.15) is 20.3 Å². The molecule has 1 rings (SSSR count). The van der Waals surface area contributed by atoms with Gasteiger partial charge in [0.15, 0.2) is 0 Å². The highest BCUT2D eigenvalue weighted by atomic mass is 32.2. The second-order valence-electron chi connectivity index (χ2n) is 4.47. The van der Waals surface area contributed by atoms with Crippen LogP contribution in [0.15, 0.2) is 0 Å². The molecular weight excluding hydrogens is 244 g/mol. The first kappa shape index (κ1) is 14.4. The van der Waals surface area contributed by atoms with Crippen LogP contribution in [0, 0.1) is 0 Å². The van der Waals surface area contributed by atoms with E-state index in [9.17, 15) is 13.2 Å². The Kier molecular flexibility index (Phi) is 4.91. The molecule has 1 aliphatic rings. The van der Waals surface area contributed by atoms with Gasteiger partial charge in [0.1, 0.15) is 0 Å². The molecule has 0 aromatic heterocycles. The van der Waals surface area contributed by atoms with Gasteiger partial charge in [0.25, 0.3) is 0 Å². The quantitative estimate of drug-likeness (QED) is 0.747. The van der Waals surface area contributed by atoms with Crippen LogP contribution in [0.25, 0.3) is 0 Å². The Bertz CT molecular complexity index is 359. The van der Waals surface area contributed by atoms with E-state index in [2.05, 4.69) is 4.72 Å². The second kappa shape index (κ2) is 5.79. The average molecular weight is 264 g/mol. The van der Waals surface area contributed by atoms with Gasteiger partial charge in [-0.25, -0.2) is 13.1 Å². The highest BCUT2D eigenvalue weighted by Crippen LogP contribution is 2.11. The van der Waals surface area contributed by atoms with Crippen LogP contribution in [0.3, 0.4) is 0 Å². The molecular formula is C10H20N2O4S. The summed E-state index contributed by atoms with van der Waals surface area (Å²) in [5.74, 6) is -0.0387. The summed E-state index contributed by atoms with van der Waals surface area (Å²) in [6, 6.07) is 0. The summed E-state index contributed by atoms with van der Waals surface area (Å²) in [5, 5.41) is 0. The summed E-state index contributed by atoms with van der Waals surface area (Å²) < 4.78 is 29.5. The van der Waals surface area contributed by atoms with E-state index in [1.807, 2.05) is 13.8 Å². The highest BCUT2D eigenvalue weighted by molar-refractivity contribution is 7.88. The van der Waals surface area contributed by atoms with Crippen LogP contribution in [0.2, 0.25) is 0 Å². The molecule has 1 N–H and O–H groups in total. The topological polar surface area (TPSA) is 75.7 Å². The lowest BCUT2D eigenvalue weighted by atomic mass is 10.2. The first-order valence-electron chi connectivity index (χ1n) is 5.66. The van der Waals surface area contributed by atoms with E-state index in [4.69, 9.17) is 4.74 Å². The van der Waals surface area contributed by atoms with Crippen molar-refractivity contribution in [1.82, 2.24) is 9.62 Å². The first-order valence-corrected chi connectivity index (χ1v) is 7.55. The molecule has 1 aliphatic heterocycles. The van der Waals surface area contributed by atoms with Crippen molar-refractivity contribution in [3.63, 3.8) is 0 Å². The minimum atomic E-state index is -3.22. The van der Waals surface area contributed by atoms with Gasteiger partial charge in [0.2, 0.25) is 15.9 Å². The molecule has 0 aromatic carbocycles. The molecule has 17 heavy (non-hydrogen) atoms. The number of nitrogens with one attached hydrogen (secondary N) is 1. The number of hydrogen-bond acceptors (Lipinski definition) is 4. The third-order valence-electron chi connectivity index (χ3n) is 2.48. The van der Waals surface area contributed by atoms with Gasteiger partial charge in [-0.15, -0.1) is 0 Å². The van der Waals surface area contributed by atoms with Crippen molar-refractivity contribution in [3.8, 4) is 0 Å². The Morgan fingerprint density at radius 1 is 1.35 bits per heavy atom. The zero-order valence-electron chi connectivity index (χ0n) is 10.5. The third kappa shape index (κ3) is 5.47. The predicted molar refractivity (Wildman–Crippen MR) is 64.1 cm³/mol. The molecule has 6 nitrogen and oxygen atoms in total. The summed E-state index contributed by atoms with van der Waals surface area (Å²) in [7, 11) is -3.22. The zero-order chi connectivity index (χ0) is 13.1. The molecule has 0 bridgehead atoms. The molecule has 0 saturated carbocycles. The minimum absolute atomic E-state index is 0.0329. The summed E-state index contributed by atoms with van der Waals surface area (Å²) in [4.78, 5) is 13.5. The molecule has 2 atom stereocenters. The monoisotopic (exact) mass is 264 g/mol. The number of sulfonamides is 1. The standard InChI is InChI=1S/C10H20N2O4S/c1-8-6-12(7-9(2)16-8)10(13)4-5-11-17(3,14)15/h8-9,11H,4-7H2,1-3H3/t8-,9-/m0/s1. The predicted octanol–water partition coefficient (Wildman–Crippen LogP) is -0.438. The Morgan fingerprint density at radius 3 is 2.35 bits per heavy atom. The van der Waals surface area contributed by atoms with E-state index in [0.717, 1.165) is 6.26 Å². The molecule has 1 amide bonds. The Hall–Kier alpha value is -0.660. The van der Waals surface area contributed by atoms with Gasteiger partial charge in [-0.05, 0) is 13.8 Å². The van der Waals surface area contributed by atoms with Crippen molar-refractivity contribution < 1.29 is 17.9 Å². The maximum Gasteiger partial charge on any atom is 0.224 e. The summed E-state index contributed by atoms with van der Waals surface area (Å²) >= 11 is 0. The number of nitrogens with zero attached hydrogens (tertiary/aromatic N) is 1. The Labute approximate surface area is 102 Å². The Morgan fingerprint density at radius 2 is 1.88 bits per heavy atom. The normalized spacial score (nSPS) is 25.9. The lowest BCUT2D eigenvalue weighted by molar-refractivity contribution is -0.143. The number of carbonyl (C=O) groups excluding carboxylic acids is 1. The van der Waals surface area contributed by atoms with Crippen LogP contribution in [-0.4, -0.2) is 57.3 Å². The highest BCUT2D eigenvalue weighted by Gasteiger charge is 2.25. The molecule has 0 aliphatic carbocycles. The molecule has 0 unspecified atom stereocenters. The van der Waals surface area contributed by atoms with E-state index in [1.54, 1.807) is 4.90 Å². The van der Waals surface area contributed by atoms with E-state index in [1.165, 1.54) is 0 Å². The molecule has 7 heteroatoms. The van der Waals surface area contributed by atoms with Gasteiger partial charge in [-0.1, -0.05) is 0 Å². The van der Waals surface area contributed by atoms with Crippen LogP contribution >= 0.6 is 0 Å². The maximum absolute atomic E-state index is 11.8. The van der Waals surface area contributed by atoms with Crippen LogP contribution in [0.5, 0.6) is 0 Å². The van der Waals surface area contributed by atoms with Gasteiger partial charge in [-0.3, -0.25) is 4.79 Å². The van der Waals surface area contributed by atoms with E-state index in [-0.39, 0.29) is 31.1 Å². The van der Waals surface area contributed by atoms with Gasteiger partial charge in [-0.2, -0.15) is 0 Å². The van der Waals surface area contributed by atoms with Gasteiger partial charge in [0.05, 0.1) is 18.5 Å². The third-order valence-corrected chi connectivity index (χ3v) is 3.20. The molecule has 0 radical (unpaired) electrons. The van der Waals surface area contributed by atoms with Crippen molar-refractivity contribution in [3.05, 3.63) is 0 Å². The van der Waals surface area contributed by atoms with E-state index in [0.29, 0.717) is 13.1 Å². The first-order chi connectivity index (χ1) is 7.78. The molecule has 100 valence electrons. The number of ether oxygens (including phenoxy) is 1. The van der Waals surface area contributed by atoms with Crippen molar-refractivity contribution in [2.24, 2.45) is 0 Å². The van der Waals surface area contributed by atoms with Crippen molar-refractivity contribution >= 4 is 15.9 Å². The van der Waals surface area contributed by atoms with Crippen molar-refractivity contribution in [2.75, 3.05) is 25.9 Å². The van der Waals surface area contributed by atoms with Crippen LogP contribution in [-0.2, 0) is 19.6 Å². The number of hydrogen-bond donors (Lipinski definition) is 1. The molecule has 1 fully saturated rings. The lowest BCUT2D eigenvalue weighted by Gasteiger charge is -2.35.